The average molecular weight is 261 g/mol. The van der Waals surface area contributed by atoms with Crippen molar-refractivity contribution in [2.45, 2.75) is 0 Å². The van der Waals surface area contributed by atoms with Gasteiger partial charge in [-0.05, 0) is 24.3 Å². The molecule has 0 radical (unpaired) electrons. The molecule has 3 N–H and O–H groups in total. The van der Waals surface area contributed by atoms with Crippen molar-refractivity contribution in [3.8, 4) is 5.75 Å². The first-order valence-corrected chi connectivity index (χ1v) is 5.34. The van der Waals surface area contributed by atoms with Crippen LogP contribution in [-0.4, -0.2) is 31.9 Å². The fraction of sp³-hybridized carbons (Fsp3) is 0.0833. The summed E-state index contributed by atoms with van der Waals surface area (Å²) in [5.74, 6) is -1.90. The fourth-order valence-corrected chi connectivity index (χ4v) is 1.60. The van der Waals surface area contributed by atoms with Crippen molar-refractivity contribution in [2.24, 2.45) is 7.05 Å². The number of carbonyl (C=O) groups excluding carboxylic acids is 1. The van der Waals surface area contributed by atoms with Crippen LogP contribution in [0, 0.1) is 0 Å². The number of aromatic hydroxyl groups is 1. The van der Waals surface area contributed by atoms with Gasteiger partial charge in [-0.15, -0.1) is 0 Å². The maximum atomic E-state index is 11.9. The van der Waals surface area contributed by atoms with Crippen LogP contribution in [0.4, 0.5) is 5.69 Å². The number of aromatic nitrogens is 2. The van der Waals surface area contributed by atoms with E-state index in [9.17, 15) is 14.7 Å². The Labute approximate surface area is 108 Å². The van der Waals surface area contributed by atoms with Gasteiger partial charge in [0.05, 0.1) is 11.3 Å². The second-order valence-electron chi connectivity index (χ2n) is 3.83. The highest BCUT2D eigenvalue weighted by molar-refractivity contribution is 6.07. The Morgan fingerprint density at radius 1 is 1.32 bits per heavy atom. The molecule has 2 rings (SSSR count). The van der Waals surface area contributed by atoms with Gasteiger partial charge in [-0.25, -0.2) is 4.79 Å². The molecule has 0 atom stereocenters. The summed E-state index contributed by atoms with van der Waals surface area (Å²) in [6.07, 6.45) is 1.46. The molecule has 0 aliphatic rings. The summed E-state index contributed by atoms with van der Waals surface area (Å²) in [4.78, 5) is 23.0. The highest BCUT2D eigenvalue weighted by atomic mass is 16.4. The average Bonchev–Trinajstić information content (AvgIpc) is 2.77. The SMILES string of the molecule is Cn1nccc1C(=O)Nc1ccc(O)cc1C(=O)O. The van der Waals surface area contributed by atoms with Crippen molar-refractivity contribution in [2.75, 3.05) is 5.32 Å². The zero-order chi connectivity index (χ0) is 14.0. The smallest absolute Gasteiger partial charge is 0.337 e. The Balaban J connectivity index is 2.32. The van der Waals surface area contributed by atoms with Crippen LogP contribution in [0.25, 0.3) is 0 Å². The van der Waals surface area contributed by atoms with E-state index in [1.165, 1.54) is 29.1 Å². The van der Waals surface area contributed by atoms with Gasteiger partial charge in [0, 0.05) is 13.2 Å². The summed E-state index contributed by atoms with van der Waals surface area (Å²) in [7, 11) is 1.60. The first kappa shape index (κ1) is 12.6. The standard InChI is InChI=1S/C12H11N3O4/c1-15-10(4-5-13-15)11(17)14-9-3-2-7(16)6-8(9)12(18)19/h2-6,16H,1H3,(H,14,17)(H,18,19). The molecule has 1 aromatic heterocycles. The topological polar surface area (TPSA) is 104 Å². The summed E-state index contributed by atoms with van der Waals surface area (Å²) in [5.41, 5.74) is 0.219. The van der Waals surface area contributed by atoms with Crippen LogP contribution in [0.5, 0.6) is 5.75 Å². The van der Waals surface area contributed by atoms with Gasteiger partial charge in [0.2, 0.25) is 0 Å². The van der Waals surface area contributed by atoms with E-state index in [0.29, 0.717) is 5.69 Å². The lowest BCUT2D eigenvalue weighted by atomic mass is 10.1. The summed E-state index contributed by atoms with van der Waals surface area (Å²) in [5, 5.41) is 24.6. The van der Waals surface area contributed by atoms with Gasteiger partial charge in [-0.3, -0.25) is 9.48 Å². The van der Waals surface area contributed by atoms with E-state index in [4.69, 9.17) is 5.11 Å². The molecule has 1 aromatic carbocycles. The number of phenols is 1. The lowest BCUT2D eigenvalue weighted by molar-refractivity contribution is 0.0697. The van der Waals surface area contributed by atoms with E-state index < -0.39 is 11.9 Å². The molecule has 19 heavy (non-hydrogen) atoms. The van der Waals surface area contributed by atoms with Gasteiger partial charge in [0.15, 0.2) is 0 Å². The zero-order valence-electron chi connectivity index (χ0n) is 9.99. The minimum Gasteiger partial charge on any atom is -0.508 e. The van der Waals surface area contributed by atoms with E-state index >= 15 is 0 Å². The maximum Gasteiger partial charge on any atom is 0.337 e. The number of phenolic OH excluding ortho intramolecular Hbond substituents is 1. The normalized spacial score (nSPS) is 10.2. The van der Waals surface area contributed by atoms with Gasteiger partial charge >= 0.3 is 5.97 Å². The molecule has 0 spiro atoms. The van der Waals surface area contributed by atoms with Gasteiger partial charge in [0.1, 0.15) is 11.4 Å². The monoisotopic (exact) mass is 261 g/mol. The lowest BCUT2D eigenvalue weighted by Crippen LogP contribution is -2.18. The molecule has 1 amide bonds. The molecule has 0 saturated carbocycles. The molecule has 7 heteroatoms. The molecule has 7 nitrogen and oxygen atoms in total. The first-order valence-electron chi connectivity index (χ1n) is 5.34. The minimum absolute atomic E-state index is 0.108. The summed E-state index contributed by atoms with van der Waals surface area (Å²) in [6.45, 7) is 0. The van der Waals surface area contributed by atoms with E-state index in [2.05, 4.69) is 10.4 Å². The third kappa shape index (κ3) is 2.54. The minimum atomic E-state index is -1.24. The summed E-state index contributed by atoms with van der Waals surface area (Å²) < 4.78 is 1.37. The van der Waals surface area contributed by atoms with E-state index in [-0.39, 0.29) is 17.0 Å². The van der Waals surface area contributed by atoms with Gasteiger partial charge in [0.25, 0.3) is 5.91 Å². The van der Waals surface area contributed by atoms with E-state index in [1.807, 2.05) is 0 Å². The highest BCUT2D eigenvalue weighted by Gasteiger charge is 2.16. The predicted molar refractivity (Wildman–Crippen MR) is 66.2 cm³/mol. The number of rotatable bonds is 3. The number of carboxylic acid groups (broad SMARTS) is 1. The fourth-order valence-electron chi connectivity index (χ4n) is 1.60. The van der Waals surface area contributed by atoms with Crippen molar-refractivity contribution in [3.63, 3.8) is 0 Å². The number of aromatic carboxylic acids is 1. The van der Waals surface area contributed by atoms with Crippen LogP contribution >= 0.6 is 0 Å². The zero-order valence-corrected chi connectivity index (χ0v) is 9.99. The number of carboxylic acids is 1. The van der Waals surface area contributed by atoms with Crippen molar-refractivity contribution in [1.29, 1.82) is 0 Å². The Hall–Kier alpha value is -2.83. The Kier molecular flexibility index (Phi) is 3.19. The Bertz CT molecular complexity index is 648. The second kappa shape index (κ2) is 4.81. The molecule has 0 bridgehead atoms. The summed E-state index contributed by atoms with van der Waals surface area (Å²) in [6, 6.07) is 5.20. The largest absolute Gasteiger partial charge is 0.508 e. The molecular formula is C12H11N3O4. The van der Waals surface area contributed by atoms with Crippen LogP contribution in [0.2, 0.25) is 0 Å². The predicted octanol–water partition coefficient (Wildman–Crippen LogP) is 1.08. The van der Waals surface area contributed by atoms with Crippen LogP contribution in [0.1, 0.15) is 20.8 Å². The molecular weight excluding hydrogens is 250 g/mol. The van der Waals surface area contributed by atoms with Crippen molar-refractivity contribution < 1.29 is 19.8 Å². The first-order chi connectivity index (χ1) is 8.99. The highest BCUT2D eigenvalue weighted by Crippen LogP contribution is 2.21. The Morgan fingerprint density at radius 3 is 2.63 bits per heavy atom. The number of hydrogen-bond acceptors (Lipinski definition) is 4. The molecule has 0 saturated heterocycles. The van der Waals surface area contributed by atoms with Crippen LogP contribution in [0.15, 0.2) is 30.5 Å². The number of benzene rings is 1. The number of nitrogens with zero attached hydrogens (tertiary/aromatic N) is 2. The third-order valence-corrected chi connectivity index (χ3v) is 2.54. The van der Waals surface area contributed by atoms with Crippen molar-refractivity contribution in [3.05, 3.63) is 41.7 Å². The molecule has 0 fully saturated rings. The molecule has 0 unspecified atom stereocenters. The van der Waals surface area contributed by atoms with Crippen LogP contribution in [0.3, 0.4) is 0 Å². The lowest BCUT2D eigenvalue weighted by Gasteiger charge is -2.08. The quantitative estimate of drug-likeness (QED) is 0.717. The van der Waals surface area contributed by atoms with Gasteiger partial charge in [-0.1, -0.05) is 0 Å². The summed E-state index contributed by atoms with van der Waals surface area (Å²) >= 11 is 0. The molecule has 0 aliphatic carbocycles. The molecule has 1 heterocycles. The molecule has 2 aromatic rings. The number of anilines is 1. The molecule has 0 aliphatic heterocycles. The van der Waals surface area contributed by atoms with Crippen molar-refractivity contribution in [1.82, 2.24) is 9.78 Å². The maximum absolute atomic E-state index is 11.9. The number of carbonyl (C=O) groups is 2. The number of nitrogens with one attached hydrogen (secondary N) is 1. The van der Waals surface area contributed by atoms with E-state index in [1.54, 1.807) is 7.05 Å². The van der Waals surface area contributed by atoms with Crippen molar-refractivity contribution >= 4 is 17.6 Å². The van der Waals surface area contributed by atoms with Crippen LogP contribution < -0.4 is 5.32 Å². The van der Waals surface area contributed by atoms with Gasteiger partial charge in [-0.2, -0.15) is 5.10 Å². The number of amides is 1. The Morgan fingerprint density at radius 2 is 2.05 bits per heavy atom. The number of aryl methyl sites for hydroxylation is 1. The third-order valence-electron chi connectivity index (χ3n) is 2.54. The second-order valence-corrected chi connectivity index (χ2v) is 3.83. The number of hydrogen-bond donors (Lipinski definition) is 3. The van der Waals surface area contributed by atoms with Gasteiger partial charge < -0.3 is 15.5 Å². The molecule has 98 valence electrons. The van der Waals surface area contributed by atoms with Crippen LogP contribution in [-0.2, 0) is 7.05 Å². The van der Waals surface area contributed by atoms with E-state index in [0.717, 1.165) is 6.07 Å².